The summed E-state index contributed by atoms with van der Waals surface area (Å²) < 4.78 is 9.39. The van der Waals surface area contributed by atoms with Crippen molar-refractivity contribution in [3.8, 4) is 5.88 Å². The first kappa shape index (κ1) is 12.0. The van der Waals surface area contributed by atoms with E-state index in [4.69, 9.17) is 39.5 Å². The molecule has 84 valence electrons. The third-order valence-corrected chi connectivity index (χ3v) is 3.57. The zero-order valence-electron chi connectivity index (χ0n) is 7.86. The minimum Gasteiger partial charge on any atom is -0.453 e. The van der Waals surface area contributed by atoms with Gasteiger partial charge in [-0.15, -0.1) is 0 Å². The Hall–Kier alpha value is -0.480. The Morgan fingerprint density at radius 3 is 2.75 bits per heavy atom. The second-order valence-electron chi connectivity index (χ2n) is 2.91. The van der Waals surface area contributed by atoms with E-state index in [0.717, 1.165) is 0 Å². The van der Waals surface area contributed by atoms with E-state index < -0.39 is 5.56 Å². The van der Waals surface area contributed by atoms with Gasteiger partial charge in [0.1, 0.15) is 0 Å². The van der Waals surface area contributed by atoms with E-state index in [-0.39, 0.29) is 0 Å². The number of alkyl halides is 1. The number of halogens is 3. The molecule has 1 atom stereocenters. The predicted molar refractivity (Wildman–Crippen MR) is 67.8 cm³/mol. The molecule has 0 saturated carbocycles. The van der Waals surface area contributed by atoms with Crippen LogP contribution in [0.25, 0.3) is 0 Å². The summed E-state index contributed by atoms with van der Waals surface area (Å²) >= 11 is 19.3. The van der Waals surface area contributed by atoms with Gasteiger partial charge in [0.05, 0.1) is 10.0 Å². The lowest BCUT2D eigenvalue weighted by molar-refractivity contribution is 0.280. The highest BCUT2D eigenvalue weighted by Gasteiger charge is 2.15. The maximum absolute atomic E-state index is 6.07. The third kappa shape index (κ3) is 2.61. The van der Waals surface area contributed by atoms with Gasteiger partial charge < -0.3 is 4.74 Å². The molecule has 0 bridgehead atoms. The number of ether oxygens (including phenoxy) is 1. The second-order valence-corrected chi connectivity index (χ2v) is 4.76. The molecule has 16 heavy (non-hydrogen) atoms. The zero-order chi connectivity index (χ0) is 11.5. The van der Waals surface area contributed by atoms with E-state index in [0.29, 0.717) is 21.5 Å². The topological polar surface area (TPSA) is 22.1 Å². The number of rotatable bonds is 3. The molecule has 0 spiro atoms. The van der Waals surface area contributed by atoms with Crippen LogP contribution >= 0.6 is 46.3 Å². The summed E-state index contributed by atoms with van der Waals surface area (Å²) in [6.45, 7) is 0. The maximum Gasteiger partial charge on any atom is 0.226 e. The molecule has 1 aromatic heterocycles. The van der Waals surface area contributed by atoms with E-state index in [1.165, 1.54) is 11.5 Å². The third-order valence-electron chi connectivity index (χ3n) is 1.86. The highest BCUT2D eigenvalue weighted by atomic mass is 35.5. The van der Waals surface area contributed by atoms with Crippen molar-refractivity contribution < 1.29 is 4.74 Å². The molecule has 0 radical (unpaired) electrons. The van der Waals surface area contributed by atoms with Gasteiger partial charge in [-0.25, -0.2) is 0 Å². The lowest BCUT2D eigenvalue weighted by Crippen LogP contribution is -2.01. The summed E-state index contributed by atoms with van der Waals surface area (Å²) in [6.07, 6.45) is 0. The molecule has 0 aliphatic heterocycles. The van der Waals surface area contributed by atoms with Crippen LogP contribution in [0.4, 0.5) is 0 Å². The Labute approximate surface area is 112 Å². The molecule has 0 saturated heterocycles. The van der Waals surface area contributed by atoms with Crippen molar-refractivity contribution in [2.45, 2.75) is 5.56 Å². The van der Waals surface area contributed by atoms with Crippen molar-refractivity contribution >= 4 is 46.3 Å². The molecule has 0 fully saturated rings. The Morgan fingerprint density at radius 2 is 2.06 bits per heavy atom. The van der Waals surface area contributed by atoms with Crippen LogP contribution in [0.15, 0.2) is 29.6 Å². The van der Waals surface area contributed by atoms with Gasteiger partial charge in [0.25, 0.3) is 0 Å². The summed E-state index contributed by atoms with van der Waals surface area (Å²) in [5.74, 6) is 0.473. The highest BCUT2D eigenvalue weighted by molar-refractivity contribution is 7.03. The fourth-order valence-corrected chi connectivity index (χ4v) is 2.31. The normalized spacial score (nSPS) is 12.4. The standard InChI is InChI=1S/C10H6Cl3NOS/c11-7-3-1-2-6(9(7)12)10(13)15-8-4-5-16-14-8/h1-5,10H. The molecule has 0 N–H and O–H groups in total. The molecule has 0 aliphatic carbocycles. The lowest BCUT2D eigenvalue weighted by Gasteiger charge is -2.12. The minimum absolute atomic E-state index is 0.402. The van der Waals surface area contributed by atoms with Crippen molar-refractivity contribution in [3.63, 3.8) is 0 Å². The van der Waals surface area contributed by atoms with Crippen LogP contribution in [0.3, 0.4) is 0 Å². The number of hydrogen-bond donors (Lipinski definition) is 0. The molecular weight excluding hydrogens is 289 g/mol. The minimum atomic E-state index is -0.701. The van der Waals surface area contributed by atoms with Crippen molar-refractivity contribution in [2.24, 2.45) is 0 Å². The molecule has 0 amide bonds. The fraction of sp³-hybridized carbons (Fsp3) is 0.100. The quantitative estimate of drug-likeness (QED) is 0.761. The van der Waals surface area contributed by atoms with Crippen molar-refractivity contribution in [1.82, 2.24) is 4.37 Å². The fourth-order valence-electron chi connectivity index (χ4n) is 1.13. The van der Waals surface area contributed by atoms with Crippen LogP contribution in [0.5, 0.6) is 5.88 Å². The van der Waals surface area contributed by atoms with Gasteiger partial charge in [-0.3, -0.25) is 0 Å². The molecule has 2 aromatic rings. The Balaban J connectivity index is 2.21. The summed E-state index contributed by atoms with van der Waals surface area (Å²) in [7, 11) is 0. The van der Waals surface area contributed by atoms with Crippen molar-refractivity contribution in [3.05, 3.63) is 45.3 Å². The number of aromatic nitrogens is 1. The van der Waals surface area contributed by atoms with Gasteiger partial charge in [0.2, 0.25) is 11.4 Å². The molecule has 6 heteroatoms. The Kier molecular flexibility index (Phi) is 3.92. The highest BCUT2D eigenvalue weighted by Crippen LogP contribution is 2.34. The lowest BCUT2D eigenvalue weighted by atomic mass is 10.2. The van der Waals surface area contributed by atoms with Crippen LogP contribution < -0.4 is 4.74 Å². The summed E-state index contributed by atoms with van der Waals surface area (Å²) in [6, 6.07) is 6.96. The Bertz CT molecular complexity index is 475. The van der Waals surface area contributed by atoms with E-state index >= 15 is 0 Å². The molecular formula is C10H6Cl3NOS. The van der Waals surface area contributed by atoms with Crippen LogP contribution in [-0.2, 0) is 0 Å². The van der Waals surface area contributed by atoms with Gasteiger partial charge in [-0.2, -0.15) is 4.37 Å². The summed E-state index contributed by atoms with van der Waals surface area (Å²) in [5.41, 5.74) is -0.0721. The Morgan fingerprint density at radius 1 is 1.25 bits per heavy atom. The average molecular weight is 295 g/mol. The maximum atomic E-state index is 6.07. The molecule has 1 aromatic carbocycles. The number of hydrogen-bond acceptors (Lipinski definition) is 3. The predicted octanol–water partition coefficient (Wildman–Crippen LogP) is 4.77. The van der Waals surface area contributed by atoms with Crippen LogP contribution in [0.2, 0.25) is 10.0 Å². The number of nitrogens with zero attached hydrogens (tertiary/aromatic N) is 1. The van der Waals surface area contributed by atoms with Crippen molar-refractivity contribution in [1.29, 1.82) is 0 Å². The van der Waals surface area contributed by atoms with E-state index in [2.05, 4.69) is 4.37 Å². The van der Waals surface area contributed by atoms with Gasteiger partial charge in [-0.1, -0.05) is 46.9 Å². The first-order valence-corrected chi connectivity index (χ1v) is 6.36. The van der Waals surface area contributed by atoms with Gasteiger partial charge in [0, 0.05) is 17.0 Å². The summed E-state index contributed by atoms with van der Waals surface area (Å²) in [4.78, 5) is 0. The van der Waals surface area contributed by atoms with Crippen molar-refractivity contribution in [2.75, 3.05) is 0 Å². The zero-order valence-corrected chi connectivity index (χ0v) is 10.9. The average Bonchev–Trinajstić information content (AvgIpc) is 2.74. The molecule has 1 unspecified atom stereocenters. The largest absolute Gasteiger partial charge is 0.453 e. The molecule has 0 aliphatic rings. The van der Waals surface area contributed by atoms with E-state index in [9.17, 15) is 0 Å². The smallest absolute Gasteiger partial charge is 0.226 e. The number of benzene rings is 1. The molecule has 1 heterocycles. The van der Waals surface area contributed by atoms with Gasteiger partial charge in [-0.05, 0) is 17.6 Å². The molecule has 2 nitrogen and oxygen atoms in total. The van der Waals surface area contributed by atoms with Crippen LogP contribution in [0, 0.1) is 0 Å². The van der Waals surface area contributed by atoms with E-state index in [1.54, 1.807) is 29.6 Å². The van der Waals surface area contributed by atoms with Crippen LogP contribution in [-0.4, -0.2) is 4.37 Å². The second kappa shape index (κ2) is 5.23. The summed E-state index contributed by atoms with van der Waals surface area (Å²) in [5, 5.41) is 2.66. The van der Waals surface area contributed by atoms with Crippen LogP contribution in [0.1, 0.15) is 11.1 Å². The monoisotopic (exact) mass is 293 g/mol. The SMILES string of the molecule is Clc1cccc(C(Cl)Oc2ccsn2)c1Cl. The van der Waals surface area contributed by atoms with Gasteiger partial charge >= 0.3 is 0 Å². The van der Waals surface area contributed by atoms with E-state index in [1.807, 2.05) is 0 Å². The molecule has 2 rings (SSSR count). The van der Waals surface area contributed by atoms with Gasteiger partial charge in [0.15, 0.2) is 0 Å². The first-order chi connectivity index (χ1) is 7.68. The first-order valence-electron chi connectivity index (χ1n) is 4.33.